The molecule has 0 aromatic heterocycles. The van der Waals surface area contributed by atoms with Gasteiger partial charge in [-0.3, -0.25) is 4.79 Å². The Hall–Kier alpha value is -0.790. The molecule has 2 nitrogen and oxygen atoms in total. The van der Waals surface area contributed by atoms with Crippen LogP contribution in [0.1, 0.15) is 47.5 Å². The van der Waals surface area contributed by atoms with Gasteiger partial charge in [-0.1, -0.05) is 32.4 Å². The lowest BCUT2D eigenvalue weighted by Gasteiger charge is -2.30. The summed E-state index contributed by atoms with van der Waals surface area (Å²) in [6.07, 6.45) is 4.72. The third-order valence-corrected chi connectivity index (χ3v) is 5.42. The van der Waals surface area contributed by atoms with Gasteiger partial charge < -0.3 is 4.74 Å². The van der Waals surface area contributed by atoms with Crippen molar-refractivity contribution in [2.45, 2.75) is 47.5 Å². The quantitative estimate of drug-likeness (QED) is 0.560. The van der Waals surface area contributed by atoms with Crippen LogP contribution in [0.2, 0.25) is 0 Å². The van der Waals surface area contributed by atoms with Gasteiger partial charge in [0.05, 0.1) is 12.5 Å². The normalized spacial score (nSPS) is 37.3. The van der Waals surface area contributed by atoms with Crippen LogP contribution in [-0.2, 0) is 9.53 Å². The third kappa shape index (κ3) is 2.22. The maximum atomic E-state index is 11.8. The zero-order valence-electron chi connectivity index (χ0n) is 12.3. The maximum Gasteiger partial charge on any atom is 0.309 e. The minimum absolute atomic E-state index is 0.0236. The van der Waals surface area contributed by atoms with Crippen molar-refractivity contribution in [3.8, 4) is 0 Å². The molecule has 0 heterocycles. The highest BCUT2D eigenvalue weighted by molar-refractivity contribution is 5.76. The molecule has 1 saturated carbocycles. The molecule has 2 rings (SSSR count). The molecule has 0 radical (unpaired) electrons. The van der Waals surface area contributed by atoms with Gasteiger partial charge in [0.15, 0.2) is 0 Å². The van der Waals surface area contributed by atoms with Crippen LogP contribution in [0.25, 0.3) is 0 Å². The maximum absolute atomic E-state index is 11.8. The molecule has 0 bridgehead atoms. The number of esters is 1. The van der Waals surface area contributed by atoms with Crippen molar-refractivity contribution >= 4 is 5.97 Å². The van der Waals surface area contributed by atoms with Gasteiger partial charge in [0.2, 0.25) is 0 Å². The van der Waals surface area contributed by atoms with Crippen LogP contribution >= 0.6 is 0 Å². The highest BCUT2D eigenvalue weighted by atomic mass is 16.5. The van der Waals surface area contributed by atoms with Crippen LogP contribution in [0, 0.1) is 29.1 Å². The van der Waals surface area contributed by atoms with E-state index in [9.17, 15) is 4.79 Å². The van der Waals surface area contributed by atoms with Crippen molar-refractivity contribution < 1.29 is 9.53 Å². The van der Waals surface area contributed by atoms with E-state index >= 15 is 0 Å². The summed E-state index contributed by atoms with van der Waals surface area (Å²) in [5.74, 6) is 1.95. The number of ether oxygens (including phenoxy) is 1. The van der Waals surface area contributed by atoms with Crippen LogP contribution in [0.15, 0.2) is 11.6 Å². The highest BCUT2D eigenvalue weighted by Gasteiger charge is 2.54. The first-order valence-electron chi connectivity index (χ1n) is 7.23. The molecule has 2 aliphatic carbocycles. The molecule has 0 aromatic rings. The standard InChI is InChI=1S/C16H26O2/c1-6-18-15(17)14-11(3)13(14)9-12-8-7-10(2)16(12,4)5/h7,11-14H,6,8-9H2,1-5H3. The minimum atomic E-state index is 0.0236. The summed E-state index contributed by atoms with van der Waals surface area (Å²) >= 11 is 0. The first kappa shape index (κ1) is 13.6. The Morgan fingerprint density at radius 3 is 2.67 bits per heavy atom. The highest BCUT2D eigenvalue weighted by Crippen LogP contribution is 2.55. The fourth-order valence-electron chi connectivity index (χ4n) is 3.45. The average Bonchev–Trinajstić information content (AvgIpc) is 2.86. The number of carbonyl (C=O) groups excluding carboxylic acids is 1. The first-order chi connectivity index (χ1) is 8.39. The molecule has 1 fully saturated rings. The molecule has 4 atom stereocenters. The van der Waals surface area contributed by atoms with Crippen molar-refractivity contribution in [1.29, 1.82) is 0 Å². The fourth-order valence-corrected chi connectivity index (χ4v) is 3.45. The van der Waals surface area contributed by atoms with E-state index < -0.39 is 0 Å². The second kappa shape index (κ2) is 4.71. The number of rotatable bonds is 4. The van der Waals surface area contributed by atoms with E-state index in [0.29, 0.717) is 29.8 Å². The van der Waals surface area contributed by atoms with E-state index in [2.05, 4.69) is 33.8 Å². The Kier molecular flexibility index (Phi) is 3.57. The number of hydrogen-bond donors (Lipinski definition) is 0. The molecule has 2 aliphatic rings. The van der Waals surface area contributed by atoms with Crippen LogP contribution in [0.4, 0.5) is 0 Å². The van der Waals surface area contributed by atoms with Crippen molar-refractivity contribution in [1.82, 2.24) is 0 Å². The Morgan fingerprint density at radius 1 is 1.50 bits per heavy atom. The van der Waals surface area contributed by atoms with Crippen LogP contribution in [-0.4, -0.2) is 12.6 Å². The Morgan fingerprint density at radius 2 is 2.17 bits per heavy atom. The second-order valence-corrected chi connectivity index (χ2v) is 6.58. The van der Waals surface area contributed by atoms with Crippen LogP contribution in [0.3, 0.4) is 0 Å². The smallest absolute Gasteiger partial charge is 0.309 e. The summed E-state index contributed by atoms with van der Waals surface area (Å²) in [4.78, 5) is 11.8. The molecule has 18 heavy (non-hydrogen) atoms. The van der Waals surface area contributed by atoms with Crippen molar-refractivity contribution in [3.05, 3.63) is 11.6 Å². The van der Waals surface area contributed by atoms with Gasteiger partial charge in [0, 0.05) is 0 Å². The molecule has 0 aromatic carbocycles. The summed E-state index contributed by atoms with van der Waals surface area (Å²) in [5, 5.41) is 0. The zero-order chi connectivity index (χ0) is 13.5. The number of allylic oxidation sites excluding steroid dienone is 2. The average molecular weight is 250 g/mol. The molecule has 0 amide bonds. The van der Waals surface area contributed by atoms with Crippen molar-refractivity contribution in [2.24, 2.45) is 29.1 Å². The van der Waals surface area contributed by atoms with E-state index in [-0.39, 0.29) is 11.9 Å². The van der Waals surface area contributed by atoms with Crippen molar-refractivity contribution in [2.75, 3.05) is 6.61 Å². The Balaban J connectivity index is 1.91. The summed E-state index contributed by atoms with van der Waals surface area (Å²) < 4.78 is 5.15. The fraction of sp³-hybridized carbons (Fsp3) is 0.812. The lowest BCUT2D eigenvalue weighted by atomic mass is 9.75. The van der Waals surface area contributed by atoms with Gasteiger partial charge in [-0.05, 0) is 49.9 Å². The van der Waals surface area contributed by atoms with Gasteiger partial charge in [-0.15, -0.1) is 0 Å². The van der Waals surface area contributed by atoms with Gasteiger partial charge >= 0.3 is 5.97 Å². The predicted molar refractivity (Wildman–Crippen MR) is 73.0 cm³/mol. The van der Waals surface area contributed by atoms with Gasteiger partial charge in [0.25, 0.3) is 0 Å². The predicted octanol–water partition coefficient (Wildman–Crippen LogP) is 3.81. The summed E-state index contributed by atoms with van der Waals surface area (Å²) in [6.45, 7) is 11.5. The molecule has 2 heteroatoms. The number of hydrogen-bond acceptors (Lipinski definition) is 2. The summed E-state index contributed by atoms with van der Waals surface area (Å²) in [5.41, 5.74) is 1.81. The van der Waals surface area contributed by atoms with Crippen LogP contribution in [0.5, 0.6) is 0 Å². The van der Waals surface area contributed by atoms with E-state index in [1.54, 1.807) is 0 Å². The van der Waals surface area contributed by atoms with Crippen LogP contribution < -0.4 is 0 Å². The van der Waals surface area contributed by atoms with Gasteiger partial charge in [-0.2, -0.15) is 0 Å². The lowest BCUT2D eigenvalue weighted by Crippen LogP contribution is -2.21. The zero-order valence-corrected chi connectivity index (χ0v) is 12.3. The van der Waals surface area contributed by atoms with Gasteiger partial charge in [-0.25, -0.2) is 0 Å². The van der Waals surface area contributed by atoms with E-state index in [1.807, 2.05) is 6.92 Å². The van der Waals surface area contributed by atoms with Gasteiger partial charge in [0.1, 0.15) is 0 Å². The van der Waals surface area contributed by atoms with Crippen molar-refractivity contribution in [3.63, 3.8) is 0 Å². The molecular formula is C16H26O2. The largest absolute Gasteiger partial charge is 0.466 e. The topological polar surface area (TPSA) is 26.3 Å². The molecule has 102 valence electrons. The SMILES string of the molecule is CCOC(=O)C1C(C)C1CC1CC=C(C)C1(C)C. The summed E-state index contributed by atoms with van der Waals surface area (Å²) in [7, 11) is 0. The first-order valence-corrected chi connectivity index (χ1v) is 7.23. The lowest BCUT2D eigenvalue weighted by molar-refractivity contribution is -0.145. The molecular weight excluding hydrogens is 224 g/mol. The Labute approximate surface area is 111 Å². The second-order valence-electron chi connectivity index (χ2n) is 6.58. The molecule has 0 spiro atoms. The summed E-state index contributed by atoms with van der Waals surface area (Å²) in [6, 6.07) is 0. The minimum Gasteiger partial charge on any atom is -0.466 e. The molecule has 0 N–H and O–H groups in total. The molecule has 0 saturated heterocycles. The third-order valence-electron chi connectivity index (χ3n) is 5.42. The van der Waals surface area contributed by atoms with E-state index in [1.165, 1.54) is 18.4 Å². The molecule has 4 unspecified atom stereocenters. The van der Waals surface area contributed by atoms with E-state index in [0.717, 1.165) is 0 Å². The van der Waals surface area contributed by atoms with E-state index in [4.69, 9.17) is 4.74 Å². The monoisotopic (exact) mass is 250 g/mol. The Bertz CT molecular complexity index is 367. The number of carbonyl (C=O) groups is 1. The molecule has 0 aliphatic heterocycles.